The van der Waals surface area contributed by atoms with Crippen LogP contribution in [-0.2, 0) is 4.79 Å². The molecule has 156 valence electrons. The number of carbonyl (C=O) groups excluding carboxylic acids is 2. The quantitative estimate of drug-likeness (QED) is 0.713. The van der Waals surface area contributed by atoms with Gasteiger partial charge in [0.25, 0.3) is 5.91 Å². The number of hydrogen-bond donors (Lipinski definition) is 1. The minimum atomic E-state index is -0.493. The number of rotatable bonds is 5. The van der Waals surface area contributed by atoms with Crippen molar-refractivity contribution in [2.45, 2.75) is 77.3 Å². The first-order chi connectivity index (χ1) is 14.1. The van der Waals surface area contributed by atoms with Crippen LogP contribution in [-0.4, -0.2) is 29.3 Å². The molecule has 0 bridgehead atoms. The van der Waals surface area contributed by atoms with E-state index in [4.69, 9.17) is 0 Å². The van der Waals surface area contributed by atoms with E-state index in [9.17, 15) is 9.59 Å². The van der Waals surface area contributed by atoms with Crippen LogP contribution in [0.5, 0.6) is 0 Å². The number of fused-ring (bicyclic) bond motifs is 1. The molecule has 29 heavy (non-hydrogen) atoms. The Labute approximate surface area is 174 Å². The van der Waals surface area contributed by atoms with Crippen molar-refractivity contribution in [1.29, 1.82) is 0 Å². The summed E-state index contributed by atoms with van der Waals surface area (Å²) in [6.45, 7) is 5.14. The predicted octanol–water partition coefficient (Wildman–Crippen LogP) is 5.01. The molecule has 0 saturated heterocycles. The molecule has 1 saturated carbocycles. The summed E-state index contributed by atoms with van der Waals surface area (Å²) in [6.07, 6.45) is 11.4. The normalized spacial score (nSPS) is 29.4. The van der Waals surface area contributed by atoms with E-state index in [2.05, 4.69) is 25.2 Å². The van der Waals surface area contributed by atoms with Gasteiger partial charge in [-0.15, -0.1) is 0 Å². The predicted molar refractivity (Wildman–Crippen MR) is 115 cm³/mol. The summed E-state index contributed by atoms with van der Waals surface area (Å²) in [4.78, 5) is 28.3. The van der Waals surface area contributed by atoms with E-state index >= 15 is 0 Å². The molecule has 1 aromatic carbocycles. The Hall–Kier alpha value is -2.10. The molecule has 1 heterocycles. The fourth-order valence-electron chi connectivity index (χ4n) is 5.33. The van der Waals surface area contributed by atoms with Gasteiger partial charge in [-0.1, -0.05) is 56.5 Å². The molecule has 4 heteroatoms. The van der Waals surface area contributed by atoms with Crippen LogP contribution in [0.3, 0.4) is 0 Å². The highest BCUT2D eigenvalue weighted by Gasteiger charge is 2.42. The molecule has 4 atom stereocenters. The standard InChI is InChI=1S/C25H34N2O2/c1-17-9-8-14-22(18(17)2)26-24(28)23-20-12-6-7-13-21(20)25(29)27(23)16-15-19-10-4-3-5-11-19/h6-7,10,12-13,17-18,22-23H,3-5,8-9,11,14-16H2,1-2H3,(H,26,28)/t17-,18+,22+,23+/m1/s1. The highest BCUT2D eigenvalue weighted by atomic mass is 16.2. The number of amides is 2. The third-order valence-corrected chi connectivity index (χ3v) is 7.40. The van der Waals surface area contributed by atoms with Crippen LogP contribution in [0.15, 0.2) is 35.9 Å². The van der Waals surface area contributed by atoms with Crippen molar-refractivity contribution >= 4 is 11.8 Å². The number of benzene rings is 1. The summed E-state index contributed by atoms with van der Waals surface area (Å²) < 4.78 is 0. The molecule has 4 rings (SSSR count). The van der Waals surface area contributed by atoms with E-state index in [1.807, 2.05) is 29.2 Å². The van der Waals surface area contributed by atoms with Gasteiger partial charge in [-0.05, 0) is 62.0 Å². The Bertz CT molecular complexity index is 800. The molecule has 1 N–H and O–H groups in total. The molecule has 2 amide bonds. The van der Waals surface area contributed by atoms with Gasteiger partial charge in [0.05, 0.1) is 0 Å². The van der Waals surface area contributed by atoms with Crippen molar-refractivity contribution < 1.29 is 9.59 Å². The van der Waals surface area contributed by atoms with E-state index in [0.29, 0.717) is 23.9 Å². The maximum Gasteiger partial charge on any atom is 0.255 e. The zero-order valence-corrected chi connectivity index (χ0v) is 17.8. The summed E-state index contributed by atoms with van der Waals surface area (Å²) in [5.74, 6) is 1.09. The minimum absolute atomic E-state index is 0.00206. The molecular weight excluding hydrogens is 360 g/mol. The van der Waals surface area contributed by atoms with Gasteiger partial charge < -0.3 is 10.2 Å². The van der Waals surface area contributed by atoms with Gasteiger partial charge in [-0.3, -0.25) is 9.59 Å². The Morgan fingerprint density at radius 1 is 1.14 bits per heavy atom. The average Bonchev–Trinajstić information content (AvgIpc) is 3.03. The number of nitrogens with one attached hydrogen (secondary N) is 1. The maximum atomic E-state index is 13.4. The summed E-state index contributed by atoms with van der Waals surface area (Å²) in [5.41, 5.74) is 2.99. The number of nitrogens with zero attached hydrogens (tertiary/aromatic N) is 1. The lowest BCUT2D eigenvalue weighted by atomic mass is 9.78. The van der Waals surface area contributed by atoms with Crippen LogP contribution in [0.2, 0.25) is 0 Å². The monoisotopic (exact) mass is 394 g/mol. The van der Waals surface area contributed by atoms with Crippen LogP contribution in [0.4, 0.5) is 0 Å². The van der Waals surface area contributed by atoms with Gasteiger partial charge in [-0.25, -0.2) is 0 Å². The van der Waals surface area contributed by atoms with Crippen LogP contribution in [0.1, 0.15) is 87.2 Å². The van der Waals surface area contributed by atoms with E-state index in [1.165, 1.54) is 24.8 Å². The smallest absolute Gasteiger partial charge is 0.255 e. The van der Waals surface area contributed by atoms with Crippen molar-refractivity contribution in [3.63, 3.8) is 0 Å². The van der Waals surface area contributed by atoms with E-state index in [1.54, 1.807) is 0 Å². The van der Waals surface area contributed by atoms with E-state index in [0.717, 1.165) is 37.7 Å². The summed E-state index contributed by atoms with van der Waals surface area (Å²) in [5, 5.41) is 3.32. The maximum absolute atomic E-state index is 13.4. The highest BCUT2D eigenvalue weighted by molar-refractivity contribution is 6.04. The molecule has 0 spiro atoms. The summed E-state index contributed by atoms with van der Waals surface area (Å²) in [6, 6.07) is 7.35. The van der Waals surface area contributed by atoms with Crippen LogP contribution in [0, 0.1) is 11.8 Å². The van der Waals surface area contributed by atoms with E-state index in [-0.39, 0.29) is 17.9 Å². The lowest BCUT2D eigenvalue weighted by Gasteiger charge is -2.36. The summed E-state index contributed by atoms with van der Waals surface area (Å²) in [7, 11) is 0. The molecule has 2 aliphatic carbocycles. The lowest BCUT2D eigenvalue weighted by molar-refractivity contribution is -0.127. The Morgan fingerprint density at radius 2 is 1.97 bits per heavy atom. The average molecular weight is 395 g/mol. The van der Waals surface area contributed by atoms with Crippen LogP contribution < -0.4 is 5.32 Å². The first kappa shape index (κ1) is 20.2. The first-order valence-corrected chi connectivity index (χ1v) is 11.4. The van der Waals surface area contributed by atoms with Gasteiger partial charge in [0.2, 0.25) is 5.91 Å². The fraction of sp³-hybridized carbons (Fsp3) is 0.600. The van der Waals surface area contributed by atoms with Crippen molar-refractivity contribution in [2.75, 3.05) is 6.54 Å². The largest absolute Gasteiger partial charge is 0.351 e. The Morgan fingerprint density at radius 3 is 2.76 bits per heavy atom. The van der Waals surface area contributed by atoms with Crippen LogP contribution >= 0.6 is 0 Å². The van der Waals surface area contributed by atoms with Gasteiger partial charge >= 0.3 is 0 Å². The lowest BCUT2D eigenvalue weighted by Crippen LogP contribution is -2.48. The molecule has 1 aromatic rings. The zero-order chi connectivity index (χ0) is 20.4. The number of carbonyl (C=O) groups is 2. The van der Waals surface area contributed by atoms with Gasteiger partial charge in [-0.2, -0.15) is 0 Å². The number of allylic oxidation sites excluding steroid dienone is 1. The number of hydrogen-bond acceptors (Lipinski definition) is 2. The van der Waals surface area contributed by atoms with Crippen LogP contribution in [0.25, 0.3) is 0 Å². The first-order valence-electron chi connectivity index (χ1n) is 11.4. The Balaban J connectivity index is 1.53. The third kappa shape index (κ3) is 4.12. The van der Waals surface area contributed by atoms with E-state index < -0.39 is 6.04 Å². The van der Waals surface area contributed by atoms with Crippen molar-refractivity contribution in [1.82, 2.24) is 10.2 Å². The molecule has 1 aliphatic heterocycles. The highest BCUT2D eigenvalue weighted by Crippen LogP contribution is 2.36. The summed E-state index contributed by atoms with van der Waals surface area (Å²) >= 11 is 0. The Kier molecular flexibility index (Phi) is 6.07. The van der Waals surface area contributed by atoms with Crippen molar-refractivity contribution in [3.05, 3.63) is 47.0 Å². The fourth-order valence-corrected chi connectivity index (χ4v) is 5.33. The van der Waals surface area contributed by atoms with Gasteiger partial charge in [0, 0.05) is 18.2 Å². The topological polar surface area (TPSA) is 49.4 Å². The molecular formula is C25H34N2O2. The molecule has 0 aromatic heterocycles. The zero-order valence-electron chi connectivity index (χ0n) is 17.8. The van der Waals surface area contributed by atoms with Gasteiger partial charge in [0.1, 0.15) is 6.04 Å². The van der Waals surface area contributed by atoms with Gasteiger partial charge in [0.15, 0.2) is 0 Å². The molecule has 3 aliphatic rings. The molecule has 0 unspecified atom stereocenters. The van der Waals surface area contributed by atoms with Crippen molar-refractivity contribution in [3.8, 4) is 0 Å². The molecule has 0 radical (unpaired) electrons. The molecule has 1 fully saturated rings. The SMILES string of the molecule is C[C@H]1[C@H](C)CCC[C@@H]1NC(=O)[C@@H]1c2ccccc2C(=O)N1CCC1=CCCCC1. The van der Waals surface area contributed by atoms with Crippen molar-refractivity contribution in [2.24, 2.45) is 11.8 Å². The third-order valence-electron chi connectivity index (χ3n) is 7.40. The second-order valence-electron chi connectivity index (χ2n) is 9.23. The minimum Gasteiger partial charge on any atom is -0.351 e. The second kappa shape index (κ2) is 8.73. The second-order valence-corrected chi connectivity index (χ2v) is 9.23. The molecule has 4 nitrogen and oxygen atoms in total.